The fraction of sp³-hybridized carbons (Fsp3) is 0.880. The van der Waals surface area contributed by atoms with Crippen molar-refractivity contribution in [2.45, 2.75) is 135 Å². The van der Waals surface area contributed by atoms with Crippen molar-refractivity contribution in [2.24, 2.45) is 16.5 Å². The Kier molecular flexibility index (Phi) is 20.5. The van der Waals surface area contributed by atoms with Crippen LogP contribution >= 0.6 is 0 Å². The fourth-order valence-corrected chi connectivity index (χ4v) is 3.76. The number of nitrogens with one attached hydrogen (secondary N) is 1. The van der Waals surface area contributed by atoms with Gasteiger partial charge in [-0.2, -0.15) is 0 Å². The smallest absolute Gasteiger partial charge is 0.220 e. The number of ketones is 1. The summed E-state index contributed by atoms with van der Waals surface area (Å²) in [7, 11) is 0. The minimum atomic E-state index is -0.411. The molecular weight excluding hydrogens is 388 g/mol. The van der Waals surface area contributed by atoms with E-state index in [2.05, 4.69) is 24.2 Å². The molecule has 0 aliphatic rings. The Morgan fingerprint density at radius 3 is 1.71 bits per heavy atom. The van der Waals surface area contributed by atoms with E-state index < -0.39 is 6.04 Å². The predicted octanol–water partition coefficient (Wildman–Crippen LogP) is 5.38. The van der Waals surface area contributed by atoms with E-state index in [1.807, 2.05) is 0 Å². The maximum Gasteiger partial charge on any atom is 0.220 e. The molecule has 0 aliphatic carbocycles. The van der Waals surface area contributed by atoms with Crippen molar-refractivity contribution < 1.29 is 9.59 Å². The van der Waals surface area contributed by atoms with E-state index in [9.17, 15) is 9.59 Å². The monoisotopic (exact) mass is 438 g/mol. The summed E-state index contributed by atoms with van der Waals surface area (Å²) in [6.07, 6.45) is 18.9. The Morgan fingerprint density at radius 2 is 1.19 bits per heavy atom. The number of hydrogen-bond acceptors (Lipinski definition) is 3. The molecule has 1 atom stereocenters. The molecule has 6 nitrogen and oxygen atoms in total. The quantitative estimate of drug-likeness (QED) is 0.120. The maximum atomic E-state index is 12.7. The largest absolute Gasteiger partial charge is 0.370 e. The average molecular weight is 439 g/mol. The number of nitrogens with zero attached hydrogens (tertiary/aromatic N) is 1. The predicted molar refractivity (Wildman–Crippen MR) is 132 cm³/mol. The number of amides is 1. The summed E-state index contributed by atoms with van der Waals surface area (Å²) in [4.78, 5) is 29.0. The number of carbonyl (C=O) groups is 2. The number of unbranched alkanes of at least 4 members (excludes halogenated alkanes) is 12. The first kappa shape index (κ1) is 29.4. The lowest BCUT2D eigenvalue weighted by molar-refractivity contribution is -0.128. The van der Waals surface area contributed by atoms with Crippen LogP contribution in [0, 0.1) is 0 Å². The molecule has 1 amide bonds. The molecule has 1 unspecified atom stereocenters. The summed E-state index contributed by atoms with van der Waals surface area (Å²) in [5.74, 6) is 0.198. The lowest BCUT2D eigenvalue weighted by Gasteiger charge is -2.17. The van der Waals surface area contributed by atoms with Gasteiger partial charge in [0.05, 0.1) is 6.04 Å². The van der Waals surface area contributed by atoms with Gasteiger partial charge in [0.25, 0.3) is 0 Å². The van der Waals surface area contributed by atoms with Crippen LogP contribution in [0.4, 0.5) is 0 Å². The van der Waals surface area contributed by atoms with E-state index in [0.717, 1.165) is 25.7 Å². The van der Waals surface area contributed by atoms with Crippen molar-refractivity contribution >= 4 is 17.6 Å². The van der Waals surface area contributed by atoms with Crippen molar-refractivity contribution in [3.05, 3.63) is 0 Å². The third kappa shape index (κ3) is 20.1. The average Bonchev–Trinajstić information content (AvgIpc) is 2.74. The van der Waals surface area contributed by atoms with Gasteiger partial charge >= 0.3 is 0 Å². The summed E-state index contributed by atoms with van der Waals surface area (Å²) >= 11 is 0. The first-order valence-corrected chi connectivity index (χ1v) is 12.9. The highest BCUT2D eigenvalue weighted by molar-refractivity contribution is 5.89. The summed E-state index contributed by atoms with van der Waals surface area (Å²) in [5.41, 5.74) is 10.7. The maximum absolute atomic E-state index is 12.7. The summed E-state index contributed by atoms with van der Waals surface area (Å²) in [5, 5.41) is 2.98. The fourth-order valence-electron chi connectivity index (χ4n) is 3.76. The first-order valence-electron chi connectivity index (χ1n) is 12.9. The summed E-state index contributed by atoms with van der Waals surface area (Å²) in [6.45, 7) is 4.90. The highest BCUT2D eigenvalue weighted by Crippen LogP contribution is 2.12. The Labute approximate surface area is 191 Å². The molecule has 0 spiro atoms. The Balaban J connectivity index is 4.19. The van der Waals surface area contributed by atoms with Gasteiger partial charge < -0.3 is 16.8 Å². The molecule has 0 bridgehead atoms. The molecule has 0 radical (unpaired) electrons. The van der Waals surface area contributed by atoms with Gasteiger partial charge in [-0.15, -0.1) is 0 Å². The molecule has 0 rings (SSSR count). The molecule has 0 saturated carbocycles. The zero-order chi connectivity index (χ0) is 23.2. The molecule has 0 aromatic carbocycles. The van der Waals surface area contributed by atoms with Gasteiger partial charge in [-0.3, -0.25) is 14.6 Å². The molecule has 0 saturated heterocycles. The number of rotatable bonds is 22. The molecule has 0 aliphatic heterocycles. The Bertz CT molecular complexity index is 476. The van der Waals surface area contributed by atoms with Gasteiger partial charge in [-0.05, 0) is 25.7 Å². The van der Waals surface area contributed by atoms with Crippen molar-refractivity contribution in [3.8, 4) is 0 Å². The standard InChI is InChI=1S/C25H50N4O2/c1-3-5-7-9-10-11-12-14-16-20-24(31)29-22(18-17-21-28-25(26)27)23(30)19-15-13-8-6-4-2/h22H,3-21H2,1-2H3,(H,29,31)(H4,26,27,28). The van der Waals surface area contributed by atoms with E-state index in [1.54, 1.807) is 0 Å². The van der Waals surface area contributed by atoms with E-state index in [0.29, 0.717) is 32.2 Å². The molecular formula is C25H50N4O2. The molecule has 0 aromatic rings. The van der Waals surface area contributed by atoms with Gasteiger partial charge in [-0.1, -0.05) is 90.9 Å². The molecule has 6 heteroatoms. The molecule has 0 heterocycles. The van der Waals surface area contributed by atoms with E-state index >= 15 is 0 Å². The number of carbonyl (C=O) groups excluding carboxylic acids is 2. The number of guanidine groups is 1. The molecule has 0 aromatic heterocycles. The van der Waals surface area contributed by atoms with Gasteiger partial charge in [0.2, 0.25) is 5.91 Å². The molecule has 5 N–H and O–H groups in total. The third-order valence-corrected chi connectivity index (χ3v) is 5.70. The summed E-state index contributed by atoms with van der Waals surface area (Å²) in [6, 6.07) is -0.411. The van der Waals surface area contributed by atoms with Crippen LogP contribution in [0.5, 0.6) is 0 Å². The van der Waals surface area contributed by atoms with Crippen LogP contribution in [0.15, 0.2) is 4.99 Å². The van der Waals surface area contributed by atoms with Crippen LogP contribution in [0.3, 0.4) is 0 Å². The number of aliphatic imine (C=N–C) groups is 1. The van der Waals surface area contributed by atoms with Gasteiger partial charge in [0.15, 0.2) is 11.7 Å². The van der Waals surface area contributed by atoms with Crippen LogP contribution in [0.1, 0.15) is 129 Å². The minimum absolute atomic E-state index is 0.00545. The van der Waals surface area contributed by atoms with Crippen LogP contribution in [-0.2, 0) is 9.59 Å². The van der Waals surface area contributed by atoms with Gasteiger partial charge in [0, 0.05) is 19.4 Å². The lowest BCUT2D eigenvalue weighted by atomic mass is 10.00. The highest BCUT2D eigenvalue weighted by Gasteiger charge is 2.19. The Hall–Kier alpha value is -1.59. The second-order valence-corrected chi connectivity index (χ2v) is 8.78. The third-order valence-electron chi connectivity index (χ3n) is 5.70. The number of hydrogen-bond donors (Lipinski definition) is 3. The van der Waals surface area contributed by atoms with E-state index in [4.69, 9.17) is 11.5 Å². The molecule has 31 heavy (non-hydrogen) atoms. The van der Waals surface area contributed by atoms with Crippen LogP contribution in [0.25, 0.3) is 0 Å². The second kappa shape index (κ2) is 21.6. The Morgan fingerprint density at radius 1 is 0.710 bits per heavy atom. The SMILES string of the molecule is CCCCCCCCCCCC(=O)NC(CCCN=C(N)N)C(=O)CCCCCCC. The van der Waals surface area contributed by atoms with Gasteiger partial charge in [-0.25, -0.2) is 0 Å². The first-order chi connectivity index (χ1) is 15.0. The van der Waals surface area contributed by atoms with Crippen LogP contribution in [-0.4, -0.2) is 30.2 Å². The lowest BCUT2D eigenvalue weighted by Crippen LogP contribution is -2.40. The molecule has 182 valence electrons. The zero-order valence-corrected chi connectivity index (χ0v) is 20.4. The van der Waals surface area contributed by atoms with Gasteiger partial charge in [0.1, 0.15) is 0 Å². The zero-order valence-electron chi connectivity index (χ0n) is 20.4. The number of Topliss-reactive ketones (excluding diaryl/α,β-unsaturated/α-hetero) is 1. The van der Waals surface area contributed by atoms with Crippen molar-refractivity contribution in [1.29, 1.82) is 0 Å². The van der Waals surface area contributed by atoms with Crippen molar-refractivity contribution in [2.75, 3.05) is 6.54 Å². The van der Waals surface area contributed by atoms with Crippen molar-refractivity contribution in [3.63, 3.8) is 0 Å². The van der Waals surface area contributed by atoms with E-state index in [1.165, 1.54) is 64.2 Å². The highest BCUT2D eigenvalue weighted by atomic mass is 16.2. The van der Waals surface area contributed by atoms with Crippen LogP contribution < -0.4 is 16.8 Å². The molecule has 0 fully saturated rings. The van der Waals surface area contributed by atoms with Crippen molar-refractivity contribution in [1.82, 2.24) is 5.32 Å². The summed E-state index contributed by atoms with van der Waals surface area (Å²) < 4.78 is 0. The normalized spacial score (nSPS) is 11.8. The minimum Gasteiger partial charge on any atom is -0.370 e. The van der Waals surface area contributed by atoms with Crippen LogP contribution in [0.2, 0.25) is 0 Å². The topological polar surface area (TPSA) is 111 Å². The second-order valence-electron chi connectivity index (χ2n) is 8.78. The van der Waals surface area contributed by atoms with E-state index in [-0.39, 0.29) is 17.6 Å². The number of nitrogens with two attached hydrogens (primary N) is 2.